The molecule has 0 radical (unpaired) electrons. The predicted octanol–water partition coefficient (Wildman–Crippen LogP) is 2.99. The van der Waals surface area contributed by atoms with Gasteiger partial charge in [-0.2, -0.15) is 4.37 Å². The van der Waals surface area contributed by atoms with Crippen LogP contribution in [0.4, 0.5) is 10.8 Å². The lowest BCUT2D eigenvalue weighted by Gasteiger charge is -2.21. The van der Waals surface area contributed by atoms with E-state index in [1.54, 1.807) is 0 Å². The molecular formula is C14H17N3S. The Hall–Kier alpha value is -1.55. The maximum Gasteiger partial charge on any atom is 0.142 e. The van der Waals surface area contributed by atoms with E-state index in [4.69, 9.17) is 5.73 Å². The highest BCUT2D eigenvalue weighted by Crippen LogP contribution is 2.32. The molecule has 1 aromatic carbocycles. The van der Waals surface area contributed by atoms with Crippen LogP contribution < -0.4 is 10.6 Å². The quantitative estimate of drug-likeness (QED) is 0.856. The third-order valence-corrected chi connectivity index (χ3v) is 4.60. The second kappa shape index (κ2) is 4.61. The molecule has 0 fully saturated rings. The van der Waals surface area contributed by atoms with Crippen LogP contribution in [0.5, 0.6) is 0 Å². The highest BCUT2D eigenvalue weighted by atomic mass is 32.1. The Morgan fingerprint density at radius 3 is 2.78 bits per heavy atom. The molecule has 4 heteroatoms. The number of anilines is 2. The molecule has 0 unspecified atom stereocenters. The first-order chi connectivity index (χ1) is 8.75. The Labute approximate surface area is 111 Å². The number of nitrogen functional groups attached to an aromatic ring is 1. The van der Waals surface area contributed by atoms with E-state index in [-0.39, 0.29) is 0 Å². The van der Waals surface area contributed by atoms with Gasteiger partial charge in [-0.15, -0.1) is 0 Å². The fourth-order valence-electron chi connectivity index (χ4n) is 2.51. The molecule has 2 N–H and O–H groups in total. The summed E-state index contributed by atoms with van der Waals surface area (Å²) in [4.78, 5) is 2.41. The van der Waals surface area contributed by atoms with Gasteiger partial charge in [-0.25, -0.2) is 0 Å². The van der Waals surface area contributed by atoms with Gasteiger partial charge in [-0.05, 0) is 42.4 Å². The summed E-state index contributed by atoms with van der Waals surface area (Å²) in [6.07, 6.45) is 2.36. The minimum absolute atomic E-state index is 0.674. The highest BCUT2D eigenvalue weighted by Gasteiger charge is 2.18. The Kier molecular flexibility index (Phi) is 2.96. The van der Waals surface area contributed by atoms with Gasteiger partial charge in [0.2, 0.25) is 0 Å². The molecule has 94 valence electrons. The first kappa shape index (κ1) is 11.5. The first-order valence-electron chi connectivity index (χ1n) is 6.29. The number of hydrogen-bond acceptors (Lipinski definition) is 4. The first-order valence-corrected chi connectivity index (χ1v) is 7.06. The van der Waals surface area contributed by atoms with Crippen LogP contribution in [0.1, 0.15) is 23.1 Å². The number of aromatic nitrogens is 1. The van der Waals surface area contributed by atoms with Crippen LogP contribution >= 0.6 is 11.5 Å². The minimum Gasteiger partial charge on any atom is -0.383 e. The van der Waals surface area contributed by atoms with Crippen molar-refractivity contribution in [1.29, 1.82) is 0 Å². The summed E-state index contributed by atoms with van der Waals surface area (Å²) in [6.45, 7) is 4.11. The van der Waals surface area contributed by atoms with Crippen LogP contribution in [0.3, 0.4) is 0 Å². The molecule has 1 aliphatic heterocycles. The predicted molar refractivity (Wildman–Crippen MR) is 77.1 cm³/mol. The Morgan fingerprint density at radius 1 is 1.28 bits per heavy atom. The van der Waals surface area contributed by atoms with Crippen molar-refractivity contribution < 1.29 is 0 Å². The van der Waals surface area contributed by atoms with Crippen LogP contribution in [0.2, 0.25) is 0 Å². The van der Waals surface area contributed by atoms with Crippen molar-refractivity contribution >= 4 is 22.4 Å². The molecule has 1 aliphatic rings. The minimum atomic E-state index is 0.674. The lowest BCUT2D eigenvalue weighted by molar-refractivity contribution is 0.770. The largest absolute Gasteiger partial charge is 0.383 e. The molecule has 2 heterocycles. The lowest BCUT2D eigenvalue weighted by Crippen LogP contribution is -2.22. The molecule has 3 nitrogen and oxygen atoms in total. The number of rotatable bonds is 1. The maximum absolute atomic E-state index is 5.85. The van der Waals surface area contributed by atoms with Gasteiger partial charge in [0.1, 0.15) is 10.8 Å². The molecule has 0 bridgehead atoms. The fraction of sp³-hybridized carbons (Fsp3) is 0.357. The van der Waals surface area contributed by atoms with Gasteiger partial charge in [-0.3, -0.25) is 0 Å². The molecule has 2 aromatic rings. The van der Waals surface area contributed by atoms with Crippen molar-refractivity contribution in [1.82, 2.24) is 4.37 Å². The van der Waals surface area contributed by atoms with Crippen molar-refractivity contribution in [2.45, 2.75) is 26.3 Å². The third-order valence-electron chi connectivity index (χ3n) is 3.58. The lowest BCUT2D eigenvalue weighted by atomic mass is 10.0. The van der Waals surface area contributed by atoms with Gasteiger partial charge in [0.25, 0.3) is 0 Å². The highest BCUT2D eigenvalue weighted by molar-refractivity contribution is 7.10. The molecule has 3 rings (SSSR count). The number of hydrogen-bond donors (Lipinski definition) is 1. The van der Waals surface area contributed by atoms with Crippen LogP contribution in [0, 0.1) is 6.92 Å². The zero-order valence-electron chi connectivity index (χ0n) is 10.5. The molecule has 0 amide bonds. The van der Waals surface area contributed by atoms with Gasteiger partial charge in [0, 0.05) is 18.7 Å². The zero-order chi connectivity index (χ0) is 12.5. The standard InChI is InChI=1S/C14H17N3S/c1-10-13(15)16-18-14(10)17-8-4-7-11-5-2-3-6-12(11)9-17/h2-3,5-6H,4,7-9H2,1H3,(H2,15,16). The summed E-state index contributed by atoms with van der Waals surface area (Å²) in [6, 6.07) is 8.72. The molecule has 1 aromatic heterocycles. The van der Waals surface area contributed by atoms with Crippen molar-refractivity contribution in [2.75, 3.05) is 17.2 Å². The monoisotopic (exact) mass is 259 g/mol. The average Bonchev–Trinajstić information content (AvgIpc) is 2.62. The number of benzene rings is 1. The normalized spacial score (nSPS) is 15.3. The number of fused-ring (bicyclic) bond motifs is 1. The van der Waals surface area contributed by atoms with E-state index in [9.17, 15) is 0 Å². The van der Waals surface area contributed by atoms with Crippen molar-refractivity contribution in [3.05, 3.63) is 41.0 Å². The van der Waals surface area contributed by atoms with Crippen molar-refractivity contribution in [2.24, 2.45) is 0 Å². The second-order valence-electron chi connectivity index (χ2n) is 4.79. The van der Waals surface area contributed by atoms with E-state index < -0.39 is 0 Å². The Balaban J connectivity index is 1.94. The van der Waals surface area contributed by atoms with Crippen molar-refractivity contribution in [3.8, 4) is 0 Å². The number of nitrogens with zero attached hydrogens (tertiary/aromatic N) is 2. The van der Waals surface area contributed by atoms with Gasteiger partial charge in [0.15, 0.2) is 0 Å². The summed E-state index contributed by atoms with van der Waals surface area (Å²) in [5.41, 5.74) is 9.89. The number of nitrogens with two attached hydrogens (primary N) is 1. The second-order valence-corrected chi connectivity index (χ2v) is 5.54. The molecule has 0 spiro atoms. The molecule has 0 saturated heterocycles. The number of aryl methyl sites for hydroxylation is 1. The summed E-state index contributed by atoms with van der Waals surface area (Å²) in [7, 11) is 0. The Bertz CT molecular complexity index is 562. The smallest absolute Gasteiger partial charge is 0.142 e. The topological polar surface area (TPSA) is 42.1 Å². The molecule has 0 aliphatic carbocycles. The van der Waals surface area contributed by atoms with Gasteiger partial charge in [0.05, 0.1) is 0 Å². The zero-order valence-corrected chi connectivity index (χ0v) is 11.3. The van der Waals surface area contributed by atoms with E-state index in [0.29, 0.717) is 5.82 Å². The van der Waals surface area contributed by atoms with Crippen LogP contribution in [0.15, 0.2) is 24.3 Å². The van der Waals surface area contributed by atoms with E-state index >= 15 is 0 Å². The molecule has 18 heavy (non-hydrogen) atoms. The summed E-state index contributed by atoms with van der Waals surface area (Å²) in [5, 5.41) is 1.23. The average molecular weight is 259 g/mol. The SMILES string of the molecule is Cc1c(N)nsc1N1CCCc2ccccc2C1. The van der Waals surface area contributed by atoms with Crippen LogP contribution in [0.25, 0.3) is 0 Å². The maximum atomic E-state index is 5.85. The van der Waals surface area contributed by atoms with Crippen LogP contribution in [-0.4, -0.2) is 10.9 Å². The molecule has 0 saturated carbocycles. The van der Waals surface area contributed by atoms with E-state index in [1.165, 1.54) is 40.5 Å². The van der Waals surface area contributed by atoms with E-state index in [1.807, 2.05) is 0 Å². The molecule has 0 atom stereocenters. The third kappa shape index (κ3) is 1.97. The Morgan fingerprint density at radius 2 is 2.06 bits per heavy atom. The molecular weight excluding hydrogens is 242 g/mol. The van der Waals surface area contributed by atoms with Gasteiger partial charge >= 0.3 is 0 Å². The van der Waals surface area contributed by atoms with Crippen LogP contribution in [-0.2, 0) is 13.0 Å². The summed E-state index contributed by atoms with van der Waals surface area (Å²) in [5.74, 6) is 0.674. The van der Waals surface area contributed by atoms with Gasteiger partial charge < -0.3 is 10.6 Å². The fourth-order valence-corrected chi connectivity index (χ4v) is 3.34. The summed E-state index contributed by atoms with van der Waals surface area (Å²) < 4.78 is 4.26. The van der Waals surface area contributed by atoms with Crippen molar-refractivity contribution in [3.63, 3.8) is 0 Å². The van der Waals surface area contributed by atoms with Gasteiger partial charge in [-0.1, -0.05) is 24.3 Å². The van der Waals surface area contributed by atoms with E-state index in [0.717, 1.165) is 18.7 Å². The summed E-state index contributed by atoms with van der Waals surface area (Å²) >= 11 is 1.52. The van der Waals surface area contributed by atoms with E-state index in [2.05, 4.69) is 40.5 Å².